The number of benzene rings is 1. The molecule has 0 spiro atoms. The molecule has 1 aliphatic rings. The van der Waals surface area contributed by atoms with Crippen molar-refractivity contribution in [1.29, 1.82) is 0 Å². The molecular weight excluding hydrogens is 262 g/mol. The number of hydrogen-bond acceptors (Lipinski definition) is 5. The Kier molecular flexibility index (Phi) is 3.20. The summed E-state index contributed by atoms with van der Waals surface area (Å²) in [5, 5.41) is 0.932. The number of aromatic nitrogens is 2. The molecule has 1 fully saturated rings. The van der Waals surface area contributed by atoms with Gasteiger partial charge in [0.2, 0.25) is 0 Å². The molecule has 6 heteroatoms. The molecule has 0 radical (unpaired) electrons. The van der Waals surface area contributed by atoms with Crippen molar-refractivity contribution < 1.29 is 4.74 Å². The zero-order chi connectivity index (χ0) is 13.4. The lowest BCUT2D eigenvalue weighted by molar-refractivity contribution is 0.127. The van der Waals surface area contributed by atoms with Crippen LogP contribution in [0.3, 0.4) is 0 Å². The van der Waals surface area contributed by atoms with E-state index >= 15 is 0 Å². The molecule has 2 aromatic rings. The van der Waals surface area contributed by atoms with Gasteiger partial charge in [-0.2, -0.15) is 0 Å². The number of nitrogen functional groups attached to an aromatic ring is 1. The predicted molar refractivity (Wildman–Crippen MR) is 76.5 cm³/mol. The van der Waals surface area contributed by atoms with E-state index in [0.29, 0.717) is 21.8 Å². The summed E-state index contributed by atoms with van der Waals surface area (Å²) in [4.78, 5) is 19.4. The van der Waals surface area contributed by atoms with E-state index in [-0.39, 0.29) is 11.7 Å². The first-order valence-electron chi connectivity index (χ1n) is 6.20. The van der Waals surface area contributed by atoms with E-state index in [1.165, 1.54) is 6.33 Å². The molecule has 5 nitrogen and oxygen atoms in total. The molecule has 0 aliphatic carbocycles. The minimum Gasteiger partial charge on any atom is -0.398 e. The van der Waals surface area contributed by atoms with E-state index in [4.69, 9.17) is 10.5 Å². The molecule has 0 bridgehead atoms. The average molecular weight is 277 g/mol. The summed E-state index contributed by atoms with van der Waals surface area (Å²) in [6, 6.07) is 3.58. The standard InChI is InChI=1S/C13H15N3O2S/c1-7-11(2-3-18-7)19-12-5-10-8(4-9(12)14)13(17)16-6-15-10/h4-7,11H,2-3,14H2,1H3,(H,15,16,17). The molecule has 0 amide bonds. The molecule has 1 aliphatic heterocycles. The lowest BCUT2D eigenvalue weighted by atomic mass is 10.2. The Labute approximate surface area is 114 Å². The van der Waals surface area contributed by atoms with E-state index in [2.05, 4.69) is 16.9 Å². The van der Waals surface area contributed by atoms with Crippen LogP contribution in [0.5, 0.6) is 0 Å². The van der Waals surface area contributed by atoms with Crippen molar-refractivity contribution in [3.8, 4) is 0 Å². The Hall–Kier alpha value is -1.53. The number of fused-ring (bicyclic) bond motifs is 1. The van der Waals surface area contributed by atoms with E-state index in [9.17, 15) is 4.79 Å². The van der Waals surface area contributed by atoms with Crippen molar-refractivity contribution in [2.24, 2.45) is 0 Å². The van der Waals surface area contributed by atoms with Gasteiger partial charge in [0.1, 0.15) is 0 Å². The number of rotatable bonds is 2. The first-order chi connectivity index (χ1) is 9.15. The summed E-state index contributed by atoms with van der Waals surface area (Å²) in [6.45, 7) is 2.87. The molecule has 2 atom stereocenters. The van der Waals surface area contributed by atoms with Crippen LogP contribution in [0, 0.1) is 0 Å². The highest BCUT2D eigenvalue weighted by Crippen LogP contribution is 2.36. The number of anilines is 1. The number of aromatic amines is 1. The topological polar surface area (TPSA) is 81.0 Å². The Morgan fingerprint density at radius 3 is 3.11 bits per heavy atom. The highest BCUT2D eigenvalue weighted by molar-refractivity contribution is 8.00. The maximum atomic E-state index is 11.7. The fraction of sp³-hybridized carbons (Fsp3) is 0.385. The summed E-state index contributed by atoms with van der Waals surface area (Å²) in [6.07, 6.45) is 2.66. The largest absolute Gasteiger partial charge is 0.398 e. The van der Waals surface area contributed by atoms with E-state index in [1.807, 2.05) is 6.07 Å². The summed E-state index contributed by atoms with van der Waals surface area (Å²) < 4.78 is 5.55. The van der Waals surface area contributed by atoms with Crippen LogP contribution in [0.15, 0.2) is 28.2 Å². The maximum absolute atomic E-state index is 11.7. The van der Waals surface area contributed by atoms with Crippen LogP contribution in [-0.4, -0.2) is 27.9 Å². The van der Waals surface area contributed by atoms with Crippen LogP contribution in [-0.2, 0) is 4.74 Å². The molecular formula is C13H15N3O2S. The number of thioether (sulfide) groups is 1. The minimum atomic E-state index is -0.161. The fourth-order valence-corrected chi connectivity index (χ4v) is 3.43. The molecule has 100 valence electrons. The van der Waals surface area contributed by atoms with E-state index < -0.39 is 0 Å². The highest BCUT2D eigenvalue weighted by Gasteiger charge is 2.26. The quantitative estimate of drug-likeness (QED) is 0.818. The molecule has 19 heavy (non-hydrogen) atoms. The highest BCUT2D eigenvalue weighted by atomic mass is 32.2. The Balaban J connectivity index is 2.00. The fourth-order valence-electron chi connectivity index (χ4n) is 2.24. The van der Waals surface area contributed by atoms with Crippen LogP contribution in [0.1, 0.15) is 13.3 Å². The van der Waals surface area contributed by atoms with Crippen molar-refractivity contribution in [3.63, 3.8) is 0 Å². The van der Waals surface area contributed by atoms with E-state index in [0.717, 1.165) is 17.9 Å². The molecule has 1 aromatic carbocycles. The molecule has 3 N–H and O–H groups in total. The normalized spacial score (nSPS) is 23.0. The van der Waals surface area contributed by atoms with E-state index in [1.54, 1.807) is 17.8 Å². The van der Waals surface area contributed by atoms with Gasteiger partial charge < -0.3 is 15.5 Å². The van der Waals surface area contributed by atoms with Gasteiger partial charge in [-0.1, -0.05) is 0 Å². The van der Waals surface area contributed by atoms with Gasteiger partial charge in [-0.3, -0.25) is 4.79 Å². The van der Waals surface area contributed by atoms with Gasteiger partial charge in [0.25, 0.3) is 5.56 Å². The van der Waals surface area contributed by atoms with Crippen molar-refractivity contribution in [3.05, 3.63) is 28.8 Å². The average Bonchev–Trinajstić information content (AvgIpc) is 2.77. The second-order valence-corrected chi connectivity index (χ2v) is 5.94. The third kappa shape index (κ3) is 2.33. The maximum Gasteiger partial charge on any atom is 0.258 e. The van der Waals surface area contributed by atoms with Crippen LogP contribution >= 0.6 is 11.8 Å². The summed E-state index contributed by atoms with van der Waals surface area (Å²) >= 11 is 1.70. The Morgan fingerprint density at radius 1 is 1.53 bits per heavy atom. The zero-order valence-corrected chi connectivity index (χ0v) is 11.4. The first kappa shape index (κ1) is 12.5. The lowest BCUT2D eigenvalue weighted by Crippen LogP contribution is -2.13. The summed E-state index contributed by atoms with van der Waals surface area (Å²) in [5.41, 5.74) is 7.17. The van der Waals surface area contributed by atoms with Gasteiger partial charge in [0, 0.05) is 22.4 Å². The van der Waals surface area contributed by atoms with Gasteiger partial charge in [-0.05, 0) is 25.5 Å². The first-order valence-corrected chi connectivity index (χ1v) is 7.08. The van der Waals surface area contributed by atoms with Crippen molar-refractivity contribution in [1.82, 2.24) is 9.97 Å². The Morgan fingerprint density at radius 2 is 2.37 bits per heavy atom. The number of nitrogens with zero attached hydrogens (tertiary/aromatic N) is 1. The van der Waals surface area contributed by atoms with Crippen LogP contribution in [0.4, 0.5) is 5.69 Å². The second-order valence-electron chi connectivity index (χ2n) is 4.66. The SMILES string of the molecule is CC1OCCC1Sc1cc2nc[nH]c(=O)c2cc1N. The van der Waals surface area contributed by atoms with Gasteiger partial charge in [-0.25, -0.2) is 4.98 Å². The molecule has 1 saturated heterocycles. The number of H-pyrrole nitrogens is 1. The van der Waals surface area contributed by atoms with Gasteiger partial charge >= 0.3 is 0 Å². The smallest absolute Gasteiger partial charge is 0.258 e. The number of ether oxygens (including phenoxy) is 1. The van der Waals surface area contributed by atoms with Crippen molar-refractivity contribution >= 4 is 28.4 Å². The molecule has 1 aromatic heterocycles. The minimum absolute atomic E-state index is 0.161. The zero-order valence-electron chi connectivity index (χ0n) is 10.6. The van der Waals surface area contributed by atoms with Crippen LogP contribution in [0.2, 0.25) is 0 Å². The second kappa shape index (κ2) is 4.86. The summed E-state index contributed by atoms with van der Waals surface area (Å²) in [7, 11) is 0. The van der Waals surface area contributed by atoms with Gasteiger partial charge in [-0.15, -0.1) is 11.8 Å². The third-order valence-electron chi connectivity index (χ3n) is 3.36. The predicted octanol–water partition coefficient (Wildman–Crippen LogP) is 1.77. The third-order valence-corrected chi connectivity index (χ3v) is 4.89. The Bertz CT molecular complexity index is 670. The van der Waals surface area contributed by atoms with Gasteiger partial charge in [0.05, 0.1) is 23.3 Å². The van der Waals surface area contributed by atoms with Crippen molar-refractivity contribution in [2.75, 3.05) is 12.3 Å². The monoisotopic (exact) mass is 277 g/mol. The number of hydrogen-bond donors (Lipinski definition) is 2. The molecule has 3 rings (SSSR count). The lowest BCUT2D eigenvalue weighted by Gasteiger charge is -2.15. The molecule has 0 saturated carbocycles. The van der Waals surface area contributed by atoms with Crippen LogP contribution in [0.25, 0.3) is 10.9 Å². The van der Waals surface area contributed by atoms with Crippen molar-refractivity contribution in [2.45, 2.75) is 29.6 Å². The number of nitrogens with one attached hydrogen (secondary N) is 1. The molecule has 2 heterocycles. The van der Waals surface area contributed by atoms with Crippen LogP contribution < -0.4 is 11.3 Å². The van der Waals surface area contributed by atoms with Gasteiger partial charge in [0.15, 0.2) is 0 Å². The molecule has 2 unspecified atom stereocenters. The summed E-state index contributed by atoms with van der Waals surface area (Å²) in [5.74, 6) is 0. The number of nitrogens with two attached hydrogens (primary N) is 1.